The number of hydrogen-bond acceptors (Lipinski definition) is 4. The molecule has 0 radical (unpaired) electrons. The number of hydrogen-bond donors (Lipinski definition) is 1. The molecule has 0 amide bonds. The van der Waals surface area contributed by atoms with Crippen molar-refractivity contribution in [2.24, 2.45) is 4.99 Å². The maximum Gasteiger partial charge on any atom is 0.165 e. The van der Waals surface area contributed by atoms with Gasteiger partial charge in [-0.15, -0.1) is 12.6 Å². The first kappa shape index (κ1) is 14.7. The Hall–Kier alpha value is -1.20. The molecule has 1 atom stereocenters. The zero-order valence-corrected chi connectivity index (χ0v) is 13.4. The van der Waals surface area contributed by atoms with Crippen molar-refractivity contribution in [3.05, 3.63) is 64.1 Å². The van der Waals surface area contributed by atoms with Gasteiger partial charge in [-0.3, -0.25) is 5.01 Å². The van der Waals surface area contributed by atoms with E-state index in [0.717, 1.165) is 5.69 Å². The van der Waals surface area contributed by atoms with Crippen molar-refractivity contribution in [3.63, 3.8) is 0 Å². The van der Waals surface area contributed by atoms with Gasteiger partial charge in [-0.2, -0.15) is 5.01 Å². The van der Waals surface area contributed by atoms with Crippen LogP contribution in [0.25, 0.3) is 0 Å². The third-order valence-electron chi connectivity index (χ3n) is 3.15. The van der Waals surface area contributed by atoms with E-state index in [1.165, 1.54) is 5.56 Å². The van der Waals surface area contributed by atoms with Crippen LogP contribution in [-0.4, -0.2) is 16.8 Å². The summed E-state index contributed by atoms with van der Waals surface area (Å²) in [6.45, 7) is 0.694. The fraction of sp³-hybridized carbons (Fsp3) is 0.133. The highest BCUT2D eigenvalue weighted by Crippen LogP contribution is 2.30. The molecule has 0 fully saturated rings. The van der Waals surface area contributed by atoms with Crippen LogP contribution < -0.4 is 5.01 Å². The highest BCUT2D eigenvalue weighted by molar-refractivity contribution is 7.80. The van der Waals surface area contributed by atoms with Gasteiger partial charge in [0, 0.05) is 16.6 Å². The van der Waals surface area contributed by atoms with Crippen molar-refractivity contribution in [1.82, 2.24) is 5.01 Å². The number of rotatable bonds is 3. The van der Waals surface area contributed by atoms with E-state index in [1.807, 2.05) is 40.3 Å². The molecule has 108 valence electrons. The van der Waals surface area contributed by atoms with Crippen LogP contribution in [0.5, 0.6) is 0 Å². The van der Waals surface area contributed by atoms with Gasteiger partial charge >= 0.3 is 0 Å². The standard InChI is InChI=1S/C15H13Cl2N3S/c16-12-6-13(17)8-14(7-12)20-10-18-15(21)19(20)9-11-4-2-1-3-5-11/h1-8,10,15,21H,9H2. The number of thiol groups is 1. The number of anilines is 1. The van der Waals surface area contributed by atoms with E-state index in [9.17, 15) is 0 Å². The number of benzene rings is 2. The summed E-state index contributed by atoms with van der Waals surface area (Å²) in [5.41, 5.74) is 1.81. The smallest absolute Gasteiger partial charge is 0.165 e. The summed E-state index contributed by atoms with van der Waals surface area (Å²) in [4.78, 5) is 4.34. The largest absolute Gasteiger partial charge is 0.261 e. The number of aliphatic imine (C=N–C) groups is 1. The van der Waals surface area contributed by atoms with Crippen LogP contribution in [0, 0.1) is 0 Å². The number of nitrogens with zero attached hydrogens (tertiary/aromatic N) is 3. The second kappa shape index (κ2) is 6.28. The minimum absolute atomic E-state index is 0.233. The maximum absolute atomic E-state index is 6.08. The van der Waals surface area contributed by atoms with Crippen molar-refractivity contribution < 1.29 is 0 Å². The van der Waals surface area contributed by atoms with Crippen molar-refractivity contribution in [2.45, 2.75) is 12.0 Å². The summed E-state index contributed by atoms with van der Waals surface area (Å²) in [5.74, 6) is 0. The van der Waals surface area contributed by atoms with E-state index < -0.39 is 0 Å². The van der Waals surface area contributed by atoms with Crippen LogP contribution in [0.1, 0.15) is 5.56 Å². The highest BCUT2D eigenvalue weighted by Gasteiger charge is 2.26. The van der Waals surface area contributed by atoms with Gasteiger partial charge in [-0.1, -0.05) is 53.5 Å². The van der Waals surface area contributed by atoms with Crippen LogP contribution in [0.2, 0.25) is 10.0 Å². The van der Waals surface area contributed by atoms with Crippen LogP contribution in [0.15, 0.2) is 53.5 Å². The number of halogens is 2. The van der Waals surface area contributed by atoms with Crippen molar-refractivity contribution in [3.8, 4) is 0 Å². The molecule has 3 nitrogen and oxygen atoms in total. The molecule has 1 aliphatic heterocycles. The molecule has 0 aliphatic carbocycles. The fourth-order valence-electron chi connectivity index (χ4n) is 2.19. The lowest BCUT2D eigenvalue weighted by atomic mass is 10.2. The second-order valence-electron chi connectivity index (χ2n) is 4.67. The molecule has 0 saturated carbocycles. The van der Waals surface area contributed by atoms with Gasteiger partial charge in [-0.05, 0) is 23.8 Å². The molecule has 1 heterocycles. The summed E-state index contributed by atoms with van der Waals surface area (Å²) >= 11 is 16.7. The zero-order chi connectivity index (χ0) is 14.8. The topological polar surface area (TPSA) is 18.8 Å². The van der Waals surface area contributed by atoms with Gasteiger partial charge < -0.3 is 0 Å². The number of hydrazine groups is 1. The molecule has 3 rings (SSSR count). The van der Waals surface area contributed by atoms with Crippen LogP contribution in [0.3, 0.4) is 0 Å². The van der Waals surface area contributed by atoms with Gasteiger partial charge in [-0.25, -0.2) is 4.99 Å². The lowest BCUT2D eigenvalue weighted by Gasteiger charge is -2.30. The van der Waals surface area contributed by atoms with Gasteiger partial charge in [0.2, 0.25) is 0 Å². The first-order valence-corrected chi connectivity index (χ1v) is 7.68. The Bertz CT molecular complexity index is 643. The van der Waals surface area contributed by atoms with Gasteiger partial charge in [0.25, 0.3) is 0 Å². The summed E-state index contributed by atoms with van der Waals surface area (Å²) in [5, 5.41) is 5.13. The minimum Gasteiger partial charge on any atom is -0.261 e. The molecule has 6 heteroatoms. The molecule has 0 spiro atoms. The fourth-order valence-corrected chi connectivity index (χ4v) is 2.96. The molecule has 2 aromatic carbocycles. The summed E-state index contributed by atoms with van der Waals surface area (Å²) in [7, 11) is 0. The van der Waals surface area contributed by atoms with Crippen molar-refractivity contribution >= 4 is 47.9 Å². The molecule has 0 saturated heterocycles. The zero-order valence-electron chi connectivity index (χ0n) is 11.0. The Kier molecular flexibility index (Phi) is 4.40. The van der Waals surface area contributed by atoms with E-state index in [2.05, 4.69) is 29.8 Å². The average Bonchev–Trinajstić information content (AvgIpc) is 2.80. The monoisotopic (exact) mass is 337 g/mol. The molecule has 0 aromatic heterocycles. The first-order chi connectivity index (χ1) is 10.1. The SMILES string of the molecule is SC1N=CN(c2cc(Cl)cc(Cl)c2)N1Cc1ccccc1. The average molecular weight is 338 g/mol. The quantitative estimate of drug-likeness (QED) is 0.833. The van der Waals surface area contributed by atoms with Crippen LogP contribution >= 0.6 is 35.8 Å². The lowest BCUT2D eigenvalue weighted by Crippen LogP contribution is -2.40. The lowest BCUT2D eigenvalue weighted by molar-refractivity contribution is 0.287. The third-order valence-corrected chi connectivity index (χ3v) is 3.99. The Balaban J connectivity index is 1.88. The molecular formula is C15H13Cl2N3S. The van der Waals surface area contributed by atoms with Crippen LogP contribution in [0.4, 0.5) is 5.69 Å². The Labute approximate surface area is 139 Å². The van der Waals surface area contributed by atoms with Crippen molar-refractivity contribution in [1.29, 1.82) is 0 Å². The predicted molar refractivity (Wildman–Crippen MR) is 92.2 cm³/mol. The van der Waals surface area contributed by atoms with Crippen LogP contribution in [-0.2, 0) is 6.54 Å². The summed E-state index contributed by atoms with van der Waals surface area (Å²) < 4.78 is 0. The van der Waals surface area contributed by atoms with Crippen molar-refractivity contribution in [2.75, 3.05) is 5.01 Å². The second-order valence-corrected chi connectivity index (χ2v) is 6.00. The third kappa shape index (κ3) is 3.35. The normalized spacial score (nSPS) is 18.4. The first-order valence-electron chi connectivity index (χ1n) is 6.41. The molecule has 1 unspecified atom stereocenters. The van der Waals surface area contributed by atoms with Gasteiger partial charge in [0.05, 0.1) is 5.69 Å². The van der Waals surface area contributed by atoms with E-state index in [-0.39, 0.29) is 5.50 Å². The minimum atomic E-state index is -0.233. The molecule has 1 aliphatic rings. The molecule has 21 heavy (non-hydrogen) atoms. The van der Waals surface area contributed by atoms with Gasteiger partial charge in [0.1, 0.15) is 6.34 Å². The van der Waals surface area contributed by atoms with E-state index in [4.69, 9.17) is 23.2 Å². The predicted octanol–water partition coefficient (Wildman–Crippen LogP) is 4.47. The Morgan fingerprint density at radius 3 is 2.38 bits per heavy atom. The molecule has 2 aromatic rings. The van der Waals surface area contributed by atoms with E-state index >= 15 is 0 Å². The summed E-state index contributed by atoms with van der Waals surface area (Å²) in [6, 6.07) is 15.6. The van der Waals surface area contributed by atoms with Gasteiger partial charge in [0.15, 0.2) is 5.50 Å². The maximum atomic E-state index is 6.08. The molecular weight excluding hydrogens is 325 g/mol. The molecule has 0 N–H and O–H groups in total. The van der Waals surface area contributed by atoms with E-state index in [0.29, 0.717) is 16.6 Å². The molecule has 0 bridgehead atoms. The Morgan fingerprint density at radius 1 is 1.05 bits per heavy atom. The summed E-state index contributed by atoms with van der Waals surface area (Å²) in [6.07, 6.45) is 1.74. The highest BCUT2D eigenvalue weighted by atomic mass is 35.5. The Morgan fingerprint density at radius 2 is 1.71 bits per heavy atom. The van der Waals surface area contributed by atoms with E-state index in [1.54, 1.807) is 12.4 Å².